The first kappa shape index (κ1) is 15.1. The van der Waals surface area contributed by atoms with Crippen molar-refractivity contribution in [2.75, 3.05) is 7.05 Å². The zero-order valence-corrected chi connectivity index (χ0v) is 13.3. The van der Waals surface area contributed by atoms with Crippen LogP contribution in [0.25, 0.3) is 0 Å². The van der Waals surface area contributed by atoms with Crippen molar-refractivity contribution in [3.8, 4) is 0 Å². The van der Waals surface area contributed by atoms with Crippen LogP contribution in [0.5, 0.6) is 0 Å². The van der Waals surface area contributed by atoms with E-state index in [-0.39, 0.29) is 6.04 Å². The average Bonchev–Trinajstić information content (AvgIpc) is 2.79. The Labute approximate surface area is 126 Å². The summed E-state index contributed by atoms with van der Waals surface area (Å²) in [6.07, 6.45) is 0.909. The summed E-state index contributed by atoms with van der Waals surface area (Å²) in [5.74, 6) is 0. The average molecular weight is 292 g/mol. The molecule has 4 heteroatoms. The number of nitrogens with zero attached hydrogens (tertiary/aromatic N) is 2. The molecule has 2 aromatic rings. The molecule has 2 rings (SSSR count). The predicted molar refractivity (Wildman–Crippen MR) is 84.3 cm³/mol. The van der Waals surface area contributed by atoms with Gasteiger partial charge in [0.15, 0.2) is 0 Å². The summed E-state index contributed by atoms with van der Waals surface area (Å²) in [6.45, 7) is 7.13. The van der Waals surface area contributed by atoms with Crippen molar-refractivity contribution in [1.82, 2.24) is 15.1 Å². The minimum Gasteiger partial charge on any atom is -0.313 e. The fraction of sp³-hybridized carbons (Fsp3) is 0.438. The third-order valence-corrected chi connectivity index (χ3v) is 4.14. The number of nitrogens with one attached hydrogen (secondary N) is 1. The lowest BCUT2D eigenvalue weighted by molar-refractivity contribution is 0.539. The van der Waals surface area contributed by atoms with E-state index in [0.29, 0.717) is 0 Å². The topological polar surface area (TPSA) is 29.9 Å². The van der Waals surface area contributed by atoms with Crippen LogP contribution in [0.2, 0.25) is 5.02 Å². The molecule has 1 aromatic carbocycles. The summed E-state index contributed by atoms with van der Waals surface area (Å²) in [5, 5.41) is 8.73. The van der Waals surface area contributed by atoms with Gasteiger partial charge in [0, 0.05) is 29.7 Å². The van der Waals surface area contributed by atoms with E-state index in [1.54, 1.807) is 0 Å². The Kier molecular flexibility index (Phi) is 4.84. The third kappa shape index (κ3) is 3.05. The molecule has 0 saturated carbocycles. The highest BCUT2D eigenvalue weighted by Gasteiger charge is 2.16. The molecule has 108 valence electrons. The number of aromatic nitrogens is 2. The third-order valence-electron chi connectivity index (χ3n) is 3.73. The Morgan fingerprint density at radius 1 is 1.35 bits per heavy atom. The molecule has 1 atom stereocenters. The van der Waals surface area contributed by atoms with Crippen molar-refractivity contribution in [2.45, 2.75) is 39.8 Å². The summed E-state index contributed by atoms with van der Waals surface area (Å²) >= 11 is 6.24. The van der Waals surface area contributed by atoms with Crippen LogP contribution >= 0.6 is 11.6 Å². The SMILES string of the molecule is CCn1nc(C)cc1CC(NC)c1cccc(Cl)c1C. The van der Waals surface area contributed by atoms with Gasteiger partial charge in [-0.25, -0.2) is 0 Å². The smallest absolute Gasteiger partial charge is 0.0596 e. The monoisotopic (exact) mass is 291 g/mol. The van der Waals surface area contributed by atoms with Crippen LogP contribution in [0.1, 0.15) is 35.5 Å². The minimum absolute atomic E-state index is 0.245. The second kappa shape index (κ2) is 6.42. The first-order chi connectivity index (χ1) is 9.56. The maximum atomic E-state index is 6.24. The summed E-state index contributed by atoms with van der Waals surface area (Å²) in [6, 6.07) is 8.50. The fourth-order valence-electron chi connectivity index (χ4n) is 2.62. The number of hydrogen-bond acceptors (Lipinski definition) is 2. The van der Waals surface area contributed by atoms with Gasteiger partial charge in [0.05, 0.1) is 5.69 Å². The van der Waals surface area contributed by atoms with Gasteiger partial charge in [-0.15, -0.1) is 0 Å². The second-order valence-corrected chi connectivity index (χ2v) is 5.50. The molecule has 1 heterocycles. The van der Waals surface area contributed by atoms with Crippen molar-refractivity contribution >= 4 is 11.6 Å². The summed E-state index contributed by atoms with van der Waals surface area (Å²) < 4.78 is 2.07. The van der Waals surface area contributed by atoms with Gasteiger partial charge in [-0.2, -0.15) is 5.10 Å². The van der Waals surface area contributed by atoms with Gasteiger partial charge in [-0.05, 0) is 51.1 Å². The standard InChI is InChI=1S/C16H22ClN3/c1-5-20-13(9-11(2)19-20)10-16(18-4)14-7-6-8-15(17)12(14)3/h6-9,16,18H,5,10H2,1-4H3. The molecule has 0 aliphatic rings. The first-order valence-electron chi connectivity index (χ1n) is 7.02. The van der Waals surface area contributed by atoms with Crippen molar-refractivity contribution in [1.29, 1.82) is 0 Å². The zero-order chi connectivity index (χ0) is 14.7. The lowest BCUT2D eigenvalue weighted by Crippen LogP contribution is -2.21. The first-order valence-corrected chi connectivity index (χ1v) is 7.40. The number of rotatable bonds is 5. The molecule has 0 spiro atoms. The van der Waals surface area contributed by atoms with Gasteiger partial charge >= 0.3 is 0 Å². The van der Waals surface area contributed by atoms with Crippen LogP contribution in [0.3, 0.4) is 0 Å². The van der Waals surface area contributed by atoms with Gasteiger partial charge in [0.2, 0.25) is 0 Å². The predicted octanol–water partition coefficient (Wildman–Crippen LogP) is 3.68. The van der Waals surface area contributed by atoms with Crippen molar-refractivity contribution in [3.63, 3.8) is 0 Å². The Bertz CT molecular complexity index is 589. The number of likely N-dealkylation sites (N-methyl/N-ethyl adjacent to an activating group) is 1. The van der Waals surface area contributed by atoms with E-state index >= 15 is 0 Å². The van der Waals surface area contributed by atoms with Crippen molar-refractivity contribution < 1.29 is 0 Å². The van der Waals surface area contributed by atoms with Crippen LogP contribution in [0.4, 0.5) is 0 Å². The van der Waals surface area contributed by atoms with Crippen molar-refractivity contribution in [3.05, 3.63) is 51.8 Å². The highest BCUT2D eigenvalue weighted by Crippen LogP contribution is 2.26. The number of hydrogen-bond donors (Lipinski definition) is 1. The molecule has 20 heavy (non-hydrogen) atoms. The minimum atomic E-state index is 0.245. The van der Waals surface area contributed by atoms with E-state index in [9.17, 15) is 0 Å². The van der Waals surface area contributed by atoms with E-state index in [0.717, 1.165) is 29.2 Å². The number of halogens is 1. The van der Waals surface area contributed by atoms with Gasteiger partial charge in [-0.1, -0.05) is 23.7 Å². The molecule has 1 aromatic heterocycles. The summed E-state index contributed by atoms with van der Waals surface area (Å²) in [4.78, 5) is 0. The Morgan fingerprint density at radius 2 is 2.10 bits per heavy atom. The van der Waals surface area contributed by atoms with Crippen LogP contribution in [-0.2, 0) is 13.0 Å². The maximum absolute atomic E-state index is 6.24. The molecular weight excluding hydrogens is 270 g/mol. The zero-order valence-electron chi connectivity index (χ0n) is 12.6. The molecule has 0 radical (unpaired) electrons. The van der Waals surface area contributed by atoms with E-state index in [1.807, 2.05) is 26.1 Å². The molecule has 0 amide bonds. The lowest BCUT2D eigenvalue weighted by Gasteiger charge is -2.20. The highest BCUT2D eigenvalue weighted by atomic mass is 35.5. The van der Waals surface area contributed by atoms with E-state index in [2.05, 4.69) is 41.1 Å². The van der Waals surface area contributed by atoms with E-state index < -0.39 is 0 Å². The van der Waals surface area contributed by atoms with Crippen LogP contribution < -0.4 is 5.32 Å². The van der Waals surface area contributed by atoms with Gasteiger partial charge in [0.25, 0.3) is 0 Å². The molecule has 3 nitrogen and oxygen atoms in total. The normalized spacial score (nSPS) is 12.7. The van der Waals surface area contributed by atoms with Gasteiger partial charge < -0.3 is 5.32 Å². The van der Waals surface area contributed by atoms with E-state index in [4.69, 9.17) is 11.6 Å². The lowest BCUT2D eigenvalue weighted by atomic mass is 9.97. The molecule has 1 unspecified atom stereocenters. The van der Waals surface area contributed by atoms with Crippen LogP contribution in [-0.4, -0.2) is 16.8 Å². The van der Waals surface area contributed by atoms with Crippen molar-refractivity contribution in [2.24, 2.45) is 0 Å². The Morgan fingerprint density at radius 3 is 2.75 bits per heavy atom. The summed E-state index contributed by atoms with van der Waals surface area (Å²) in [5.41, 5.74) is 4.72. The summed E-state index contributed by atoms with van der Waals surface area (Å²) in [7, 11) is 1.99. The maximum Gasteiger partial charge on any atom is 0.0596 e. The second-order valence-electron chi connectivity index (χ2n) is 5.09. The Hall–Kier alpha value is -1.32. The molecule has 1 N–H and O–H groups in total. The van der Waals surface area contributed by atoms with Crippen LogP contribution in [0.15, 0.2) is 24.3 Å². The molecule has 0 fully saturated rings. The Balaban J connectivity index is 2.31. The van der Waals surface area contributed by atoms with Crippen LogP contribution in [0, 0.1) is 13.8 Å². The molecule has 0 saturated heterocycles. The van der Waals surface area contributed by atoms with Gasteiger partial charge in [-0.3, -0.25) is 4.68 Å². The number of aryl methyl sites for hydroxylation is 2. The molecular formula is C16H22ClN3. The largest absolute Gasteiger partial charge is 0.313 e. The fourth-order valence-corrected chi connectivity index (χ4v) is 2.80. The number of benzene rings is 1. The van der Waals surface area contributed by atoms with E-state index in [1.165, 1.54) is 11.3 Å². The molecule has 0 aliphatic heterocycles. The molecule has 0 bridgehead atoms. The highest BCUT2D eigenvalue weighted by molar-refractivity contribution is 6.31. The van der Waals surface area contributed by atoms with Gasteiger partial charge in [0.1, 0.15) is 0 Å². The quantitative estimate of drug-likeness (QED) is 0.911. The molecule has 0 aliphatic carbocycles.